The largest absolute Gasteiger partial charge is 0.394 e. The minimum Gasteiger partial charge on any atom is -0.394 e. The second-order valence-corrected chi connectivity index (χ2v) is 8.98. The van der Waals surface area contributed by atoms with Gasteiger partial charge >= 0.3 is 0 Å². The van der Waals surface area contributed by atoms with Gasteiger partial charge in [-0.3, -0.25) is 30.0 Å². The Labute approximate surface area is 196 Å². The first-order valence-electron chi connectivity index (χ1n) is 11.2. The van der Waals surface area contributed by atoms with Gasteiger partial charge in [-0.2, -0.15) is 0 Å². The number of hydrazine groups is 1. The Kier molecular flexibility index (Phi) is 12.3. The molecule has 0 fully saturated rings. The molecule has 0 heterocycles. The zero-order chi connectivity index (χ0) is 25.0. The van der Waals surface area contributed by atoms with Crippen LogP contribution in [0.15, 0.2) is 36.4 Å². The van der Waals surface area contributed by atoms with E-state index in [0.29, 0.717) is 6.42 Å². The Bertz CT molecular complexity index is 782. The number of aliphatic hydroxyl groups excluding tert-OH is 1. The molecule has 3 atom stereocenters. The van der Waals surface area contributed by atoms with E-state index in [1.165, 1.54) is 0 Å². The van der Waals surface area contributed by atoms with E-state index in [4.69, 9.17) is 5.73 Å². The number of nitrogens with two attached hydrogens (primary N) is 1. The third-order valence-corrected chi connectivity index (χ3v) is 5.07. The molecule has 0 radical (unpaired) electrons. The van der Waals surface area contributed by atoms with Gasteiger partial charge < -0.3 is 10.8 Å². The van der Waals surface area contributed by atoms with Crippen molar-refractivity contribution in [2.75, 3.05) is 13.2 Å². The van der Waals surface area contributed by atoms with Crippen molar-refractivity contribution in [1.29, 1.82) is 0 Å². The molecule has 0 spiro atoms. The van der Waals surface area contributed by atoms with Gasteiger partial charge in [-0.15, -0.1) is 0 Å². The lowest BCUT2D eigenvalue weighted by Crippen LogP contribution is -2.56. The quantitative estimate of drug-likeness (QED) is 0.236. The molecule has 0 bridgehead atoms. The summed E-state index contributed by atoms with van der Waals surface area (Å²) in [7, 11) is 0. The van der Waals surface area contributed by atoms with E-state index in [2.05, 4.69) is 5.43 Å². The number of allylic oxidation sites excluding steroid dienone is 1. The molecule has 3 amide bonds. The van der Waals surface area contributed by atoms with Gasteiger partial charge in [-0.05, 0) is 30.2 Å². The summed E-state index contributed by atoms with van der Waals surface area (Å²) in [6.07, 6.45) is 4.20. The van der Waals surface area contributed by atoms with E-state index in [9.17, 15) is 24.7 Å². The van der Waals surface area contributed by atoms with Crippen LogP contribution in [0.5, 0.6) is 0 Å². The topological polar surface area (TPSA) is 145 Å². The standard InChI is InChI=1S/C24H38N4O5/c1-16(2)13-20(22(30)26-28(14-17(3)4)24(32)21(25)15-29)19(23(31)27-33)12-8-11-18-9-6-5-7-10-18/h5-11,16-17,19-21,29,33H,12-15,25H2,1-4H3,(H,26,30)(H,27,31)/b11-8+/t19-,20+,21+/m0/s1. The summed E-state index contributed by atoms with van der Waals surface area (Å²) >= 11 is 0. The fourth-order valence-electron chi connectivity index (χ4n) is 3.46. The van der Waals surface area contributed by atoms with E-state index in [-0.39, 0.29) is 24.8 Å². The third kappa shape index (κ3) is 9.73. The van der Waals surface area contributed by atoms with Gasteiger partial charge in [0, 0.05) is 6.54 Å². The van der Waals surface area contributed by atoms with Gasteiger partial charge in [0.1, 0.15) is 6.04 Å². The monoisotopic (exact) mass is 462 g/mol. The summed E-state index contributed by atoms with van der Waals surface area (Å²) in [6.45, 7) is 7.23. The molecule has 0 aliphatic carbocycles. The second-order valence-electron chi connectivity index (χ2n) is 8.98. The van der Waals surface area contributed by atoms with Gasteiger partial charge in [-0.25, -0.2) is 5.48 Å². The lowest BCUT2D eigenvalue weighted by Gasteiger charge is -2.31. The Morgan fingerprint density at radius 1 is 1.03 bits per heavy atom. The van der Waals surface area contributed by atoms with Gasteiger partial charge in [0.25, 0.3) is 5.91 Å². The van der Waals surface area contributed by atoms with Crippen LogP contribution in [-0.2, 0) is 14.4 Å². The molecule has 0 unspecified atom stereocenters. The van der Waals surface area contributed by atoms with E-state index in [1.54, 1.807) is 11.6 Å². The van der Waals surface area contributed by atoms with Crippen molar-refractivity contribution in [1.82, 2.24) is 15.9 Å². The SMILES string of the molecule is CC(C)C[C@@H](C(=O)NN(CC(C)C)C(=O)[C@H](N)CO)[C@H](C/C=C/c1ccccc1)C(=O)NO. The Balaban J connectivity index is 3.15. The molecule has 0 saturated heterocycles. The number of benzene rings is 1. The number of hydrogen-bond donors (Lipinski definition) is 5. The first-order valence-corrected chi connectivity index (χ1v) is 11.2. The number of carbonyl (C=O) groups excluding carboxylic acids is 3. The van der Waals surface area contributed by atoms with Crippen LogP contribution >= 0.6 is 0 Å². The number of hydroxylamine groups is 1. The number of hydrogen-bond acceptors (Lipinski definition) is 6. The summed E-state index contributed by atoms with van der Waals surface area (Å²) in [4.78, 5) is 38.4. The van der Waals surface area contributed by atoms with Crippen molar-refractivity contribution in [2.45, 2.75) is 46.6 Å². The van der Waals surface area contributed by atoms with E-state index in [0.717, 1.165) is 10.6 Å². The molecule has 0 aliphatic rings. The normalized spacial score (nSPS) is 14.2. The van der Waals surface area contributed by atoms with Crippen LogP contribution in [0.1, 0.15) is 46.1 Å². The number of nitrogens with one attached hydrogen (secondary N) is 2. The maximum Gasteiger partial charge on any atom is 0.260 e. The molecule has 6 N–H and O–H groups in total. The summed E-state index contributed by atoms with van der Waals surface area (Å²) in [5.74, 6) is -3.40. The Morgan fingerprint density at radius 2 is 1.67 bits per heavy atom. The van der Waals surface area contributed by atoms with Crippen LogP contribution in [0.25, 0.3) is 6.08 Å². The van der Waals surface area contributed by atoms with Crippen LogP contribution in [0.3, 0.4) is 0 Å². The predicted molar refractivity (Wildman–Crippen MR) is 126 cm³/mol. The van der Waals surface area contributed by atoms with Crippen LogP contribution < -0.4 is 16.6 Å². The van der Waals surface area contributed by atoms with E-state index >= 15 is 0 Å². The van der Waals surface area contributed by atoms with Crippen molar-refractivity contribution in [3.8, 4) is 0 Å². The van der Waals surface area contributed by atoms with Crippen LogP contribution in [0.4, 0.5) is 0 Å². The first kappa shape index (κ1) is 28.3. The molecule has 184 valence electrons. The summed E-state index contributed by atoms with van der Waals surface area (Å²) in [5, 5.41) is 19.7. The molecule has 33 heavy (non-hydrogen) atoms. The zero-order valence-corrected chi connectivity index (χ0v) is 19.9. The highest BCUT2D eigenvalue weighted by atomic mass is 16.5. The number of carbonyl (C=O) groups is 3. The van der Waals surface area contributed by atoms with Gasteiger partial charge in [0.05, 0.1) is 18.4 Å². The molecule has 1 rings (SSSR count). The number of aliphatic hydroxyl groups is 1. The number of rotatable bonds is 12. The molecular formula is C24H38N4O5. The number of amides is 3. The Morgan fingerprint density at radius 3 is 2.18 bits per heavy atom. The van der Waals surface area contributed by atoms with Crippen LogP contribution in [-0.4, -0.2) is 52.2 Å². The molecule has 0 aliphatic heterocycles. The van der Waals surface area contributed by atoms with Crippen molar-refractivity contribution in [3.05, 3.63) is 42.0 Å². The molecule has 9 heteroatoms. The summed E-state index contributed by atoms with van der Waals surface area (Å²) in [5.41, 5.74) is 10.9. The fraction of sp³-hybridized carbons (Fsp3) is 0.542. The maximum absolute atomic E-state index is 13.3. The van der Waals surface area contributed by atoms with Gasteiger partial charge in [0.2, 0.25) is 11.8 Å². The van der Waals surface area contributed by atoms with Gasteiger partial charge in [0.15, 0.2) is 0 Å². The molecule has 1 aromatic rings. The molecule has 1 aromatic carbocycles. The highest BCUT2D eigenvalue weighted by Gasteiger charge is 2.35. The third-order valence-electron chi connectivity index (χ3n) is 5.07. The smallest absolute Gasteiger partial charge is 0.260 e. The molecule has 9 nitrogen and oxygen atoms in total. The highest BCUT2D eigenvalue weighted by Crippen LogP contribution is 2.25. The molecule has 0 aromatic heterocycles. The average molecular weight is 463 g/mol. The maximum atomic E-state index is 13.3. The van der Waals surface area contributed by atoms with E-state index < -0.39 is 42.2 Å². The Hall–Kier alpha value is -2.75. The number of nitrogens with zero attached hydrogens (tertiary/aromatic N) is 1. The fourth-order valence-corrected chi connectivity index (χ4v) is 3.46. The predicted octanol–water partition coefficient (Wildman–Crippen LogP) is 1.71. The lowest BCUT2D eigenvalue weighted by molar-refractivity contribution is -0.148. The van der Waals surface area contributed by atoms with E-state index in [1.807, 2.05) is 64.1 Å². The minimum atomic E-state index is -1.17. The van der Waals surface area contributed by atoms with Crippen molar-refractivity contribution < 1.29 is 24.7 Å². The summed E-state index contributed by atoms with van der Waals surface area (Å²) < 4.78 is 0. The zero-order valence-electron chi connectivity index (χ0n) is 19.9. The van der Waals surface area contributed by atoms with Crippen molar-refractivity contribution in [2.24, 2.45) is 29.4 Å². The summed E-state index contributed by atoms with van der Waals surface area (Å²) in [6, 6.07) is 8.34. The van der Waals surface area contributed by atoms with Gasteiger partial charge in [-0.1, -0.05) is 70.2 Å². The first-order chi connectivity index (χ1) is 15.6. The van der Waals surface area contributed by atoms with Crippen molar-refractivity contribution in [3.63, 3.8) is 0 Å². The molecule has 0 saturated carbocycles. The molecular weight excluding hydrogens is 424 g/mol. The van der Waals surface area contributed by atoms with Crippen LogP contribution in [0, 0.1) is 23.7 Å². The minimum absolute atomic E-state index is 0.0223. The lowest BCUT2D eigenvalue weighted by atomic mass is 9.82. The second kappa shape index (κ2) is 14.4. The van der Waals surface area contributed by atoms with Crippen LogP contribution in [0.2, 0.25) is 0 Å². The average Bonchev–Trinajstić information content (AvgIpc) is 2.78. The van der Waals surface area contributed by atoms with Crippen molar-refractivity contribution >= 4 is 23.8 Å². The highest BCUT2D eigenvalue weighted by molar-refractivity contribution is 5.89.